The van der Waals surface area contributed by atoms with Crippen LogP contribution in [0.4, 0.5) is 0 Å². The van der Waals surface area contributed by atoms with Gasteiger partial charge in [0.1, 0.15) is 0 Å². The molecule has 1 aromatic carbocycles. The molecule has 1 aromatic rings. The van der Waals surface area contributed by atoms with Gasteiger partial charge in [-0.2, -0.15) is 5.26 Å². The standard InChI is InChI=1S/C23H28N2O4/c1-28-20-10-15(14-24)4-5-19(20)29-21(26)3-2-6-25-22(27)23-11-16-7-17(12-23)9-18(8-16)13-23/h4-5,10,16-18H,2-3,6-9,11-13H2,1H3,(H,25,27). The summed E-state index contributed by atoms with van der Waals surface area (Å²) in [7, 11) is 1.47. The Morgan fingerprint density at radius 1 is 1.14 bits per heavy atom. The van der Waals surface area contributed by atoms with Crippen LogP contribution in [0.15, 0.2) is 18.2 Å². The lowest BCUT2D eigenvalue weighted by Crippen LogP contribution is -2.53. The van der Waals surface area contributed by atoms with Crippen molar-refractivity contribution in [3.05, 3.63) is 23.8 Å². The maximum absolute atomic E-state index is 12.9. The topological polar surface area (TPSA) is 88.4 Å². The number of esters is 1. The highest BCUT2D eigenvalue weighted by molar-refractivity contribution is 5.83. The van der Waals surface area contributed by atoms with E-state index < -0.39 is 0 Å². The highest BCUT2D eigenvalue weighted by Crippen LogP contribution is 2.60. The van der Waals surface area contributed by atoms with Gasteiger partial charge in [-0.3, -0.25) is 9.59 Å². The van der Waals surface area contributed by atoms with Crippen LogP contribution in [0.1, 0.15) is 56.9 Å². The molecule has 0 aromatic heterocycles. The molecule has 4 aliphatic rings. The lowest BCUT2D eigenvalue weighted by Gasteiger charge is -2.55. The SMILES string of the molecule is COc1cc(C#N)ccc1OC(=O)CCCNC(=O)C12CC3CC(CC(C3)C1)C2. The highest BCUT2D eigenvalue weighted by atomic mass is 16.6. The second-order valence-electron chi connectivity index (χ2n) is 9.01. The minimum Gasteiger partial charge on any atom is -0.493 e. The number of methoxy groups -OCH3 is 1. The largest absolute Gasteiger partial charge is 0.493 e. The molecule has 0 spiro atoms. The zero-order valence-electron chi connectivity index (χ0n) is 16.9. The van der Waals surface area contributed by atoms with Gasteiger partial charge in [-0.25, -0.2) is 0 Å². The van der Waals surface area contributed by atoms with Gasteiger partial charge in [0.15, 0.2) is 11.5 Å². The Bertz CT molecular complexity index is 806. The van der Waals surface area contributed by atoms with Gasteiger partial charge in [0.25, 0.3) is 0 Å². The van der Waals surface area contributed by atoms with Crippen LogP contribution in [-0.4, -0.2) is 25.5 Å². The minimum absolute atomic E-state index is 0.148. The lowest BCUT2D eigenvalue weighted by atomic mass is 9.49. The number of hydrogen-bond donors (Lipinski definition) is 1. The van der Waals surface area contributed by atoms with Gasteiger partial charge in [-0.1, -0.05) is 0 Å². The quantitative estimate of drug-likeness (QED) is 0.432. The molecule has 4 bridgehead atoms. The third-order valence-electron chi connectivity index (χ3n) is 6.88. The molecule has 1 amide bonds. The summed E-state index contributed by atoms with van der Waals surface area (Å²) in [6, 6.07) is 6.70. The average molecular weight is 396 g/mol. The Hall–Kier alpha value is -2.55. The number of carbonyl (C=O) groups is 2. The number of nitriles is 1. The third-order valence-corrected chi connectivity index (χ3v) is 6.88. The predicted molar refractivity (Wildman–Crippen MR) is 106 cm³/mol. The molecule has 0 heterocycles. The molecule has 5 rings (SSSR count). The zero-order valence-corrected chi connectivity index (χ0v) is 16.9. The van der Waals surface area contributed by atoms with Crippen molar-refractivity contribution in [2.45, 2.75) is 51.4 Å². The predicted octanol–water partition coefficient (Wildman–Crippen LogP) is 3.59. The second kappa shape index (κ2) is 8.06. The zero-order chi connectivity index (χ0) is 20.4. The summed E-state index contributed by atoms with van der Waals surface area (Å²) in [5.41, 5.74) is 0.291. The van der Waals surface area contributed by atoms with Crippen molar-refractivity contribution in [2.24, 2.45) is 23.2 Å². The van der Waals surface area contributed by atoms with Crippen LogP contribution in [0.25, 0.3) is 0 Å². The lowest BCUT2D eigenvalue weighted by molar-refractivity contribution is -0.146. The van der Waals surface area contributed by atoms with Gasteiger partial charge in [0.05, 0.1) is 18.7 Å². The molecule has 0 aliphatic heterocycles. The van der Waals surface area contributed by atoms with Gasteiger partial charge in [-0.05, 0) is 74.8 Å². The molecule has 0 radical (unpaired) electrons. The summed E-state index contributed by atoms with van der Waals surface area (Å²) < 4.78 is 10.5. The fraction of sp³-hybridized carbons (Fsp3) is 0.609. The number of rotatable bonds is 7. The third kappa shape index (κ3) is 4.10. The van der Waals surface area contributed by atoms with E-state index in [1.165, 1.54) is 32.4 Å². The molecule has 0 atom stereocenters. The first-order valence-electron chi connectivity index (χ1n) is 10.6. The van der Waals surface area contributed by atoms with E-state index in [1.54, 1.807) is 12.1 Å². The monoisotopic (exact) mass is 396 g/mol. The molecular formula is C23H28N2O4. The first kappa shape index (κ1) is 19.8. The van der Waals surface area contributed by atoms with Crippen molar-refractivity contribution >= 4 is 11.9 Å². The van der Waals surface area contributed by atoms with E-state index in [9.17, 15) is 9.59 Å². The number of amides is 1. The van der Waals surface area contributed by atoms with Crippen LogP contribution >= 0.6 is 0 Å². The Morgan fingerprint density at radius 2 is 1.79 bits per heavy atom. The van der Waals surface area contributed by atoms with Gasteiger partial charge in [0, 0.05) is 24.4 Å². The van der Waals surface area contributed by atoms with E-state index in [0.717, 1.165) is 37.0 Å². The van der Waals surface area contributed by atoms with Crippen LogP contribution in [0.2, 0.25) is 0 Å². The number of ether oxygens (including phenoxy) is 2. The summed E-state index contributed by atoms with van der Waals surface area (Å²) in [5.74, 6) is 2.69. The fourth-order valence-corrected chi connectivity index (χ4v) is 6.01. The minimum atomic E-state index is -0.378. The number of carbonyl (C=O) groups excluding carboxylic acids is 2. The van der Waals surface area contributed by atoms with E-state index >= 15 is 0 Å². The number of benzene rings is 1. The van der Waals surface area contributed by atoms with Crippen LogP contribution in [0.5, 0.6) is 11.5 Å². The van der Waals surface area contributed by atoms with Crippen molar-refractivity contribution in [1.82, 2.24) is 5.32 Å². The van der Waals surface area contributed by atoms with Crippen LogP contribution in [0.3, 0.4) is 0 Å². The van der Waals surface area contributed by atoms with E-state index in [-0.39, 0.29) is 23.7 Å². The Morgan fingerprint density at radius 3 is 2.38 bits per heavy atom. The van der Waals surface area contributed by atoms with Crippen molar-refractivity contribution in [3.63, 3.8) is 0 Å². The number of hydrogen-bond acceptors (Lipinski definition) is 5. The van der Waals surface area contributed by atoms with Gasteiger partial charge in [0.2, 0.25) is 5.91 Å². The smallest absolute Gasteiger partial charge is 0.311 e. The van der Waals surface area contributed by atoms with Crippen LogP contribution in [0, 0.1) is 34.5 Å². The van der Waals surface area contributed by atoms with E-state index in [0.29, 0.717) is 30.0 Å². The Kier molecular flexibility index (Phi) is 5.49. The van der Waals surface area contributed by atoms with Crippen LogP contribution in [-0.2, 0) is 9.59 Å². The van der Waals surface area contributed by atoms with Crippen molar-refractivity contribution in [1.29, 1.82) is 5.26 Å². The molecule has 4 fully saturated rings. The molecule has 6 heteroatoms. The maximum Gasteiger partial charge on any atom is 0.311 e. The molecule has 29 heavy (non-hydrogen) atoms. The molecule has 154 valence electrons. The van der Waals surface area contributed by atoms with Crippen molar-refractivity contribution in [3.8, 4) is 17.6 Å². The molecule has 1 N–H and O–H groups in total. The summed E-state index contributed by atoms with van der Waals surface area (Å²) in [5, 5.41) is 12.0. The van der Waals surface area contributed by atoms with Gasteiger partial charge in [-0.15, -0.1) is 0 Å². The Balaban J connectivity index is 1.23. The summed E-state index contributed by atoms with van der Waals surface area (Å²) in [4.78, 5) is 25.1. The van der Waals surface area contributed by atoms with Gasteiger partial charge >= 0.3 is 5.97 Å². The first-order chi connectivity index (χ1) is 14.0. The Labute approximate surface area is 171 Å². The molecule has 6 nitrogen and oxygen atoms in total. The average Bonchev–Trinajstić information content (AvgIpc) is 2.70. The summed E-state index contributed by atoms with van der Waals surface area (Å²) in [6.07, 6.45) is 7.84. The number of nitrogens with zero attached hydrogens (tertiary/aromatic N) is 1. The van der Waals surface area contributed by atoms with Crippen molar-refractivity contribution < 1.29 is 19.1 Å². The van der Waals surface area contributed by atoms with E-state index in [2.05, 4.69) is 5.32 Å². The molecule has 0 saturated heterocycles. The number of nitrogens with one attached hydrogen (secondary N) is 1. The fourth-order valence-electron chi connectivity index (χ4n) is 6.01. The molecule has 0 unspecified atom stereocenters. The van der Waals surface area contributed by atoms with E-state index in [4.69, 9.17) is 14.7 Å². The van der Waals surface area contributed by atoms with Gasteiger partial charge < -0.3 is 14.8 Å². The normalized spacial score (nSPS) is 29.2. The maximum atomic E-state index is 12.9. The highest BCUT2D eigenvalue weighted by Gasteiger charge is 2.54. The van der Waals surface area contributed by atoms with Crippen molar-refractivity contribution in [2.75, 3.05) is 13.7 Å². The molecular weight excluding hydrogens is 368 g/mol. The first-order valence-corrected chi connectivity index (χ1v) is 10.6. The summed E-state index contributed by atoms with van der Waals surface area (Å²) in [6.45, 7) is 0.486. The second-order valence-corrected chi connectivity index (χ2v) is 9.01. The molecule has 4 aliphatic carbocycles. The molecule has 4 saturated carbocycles. The van der Waals surface area contributed by atoms with Crippen LogP contribution < -0.4 is 14.8 Å². The summed E-state index contributed by atoms with van der Waals surface area (Å²) >= 11 is 0. The van der Waals surface area contributed by atoms with E-state index in [1.807, 2.05) is 6.07 Å².